The van der Waals surface area contributed by atoms with Gasteiger partial charge in [0.2, 0.25) is 23.1 Å². The summed E-state index contributed by atoms with van der Waals surface area (Å²) in [5, 5.41) is 0. The van der Waals surface area contributed by atoms with Crippen LogP contribution in [0.1, 0.15) is 101 Å². The molecule has 0 aliphatic heterocycles. The molecule has 3 aliphatic rings. The van der Waals surface area contributed by atoms with Crippen LogP contribution in [0.4, 0.5) is 0 Å². The Kier molecular flexibility index (Phi) is 5.80. The van der Waals surface area contributed by atoms with Crippen molar-refractivity contribution in [3.8, 4) is 22.6 Å². The van der Waals surface area contributed by atoms with Crippen LogP contribution >= 0.6 is 0 Å². The van der Waals surface area contributed by atoms with Crippen molar-refractivity contribution >= 4 is 34.3 Å². The van der Waals surface area contributed by atoms with Gasteiger partial charge in [-0.3, -0.25) is 19.2 Å². The fourth-order valence-corrected chi connectivity index (χ4v) is 6.74. The number of Topliss-reactive ketones (excluding diaryl/α,β-unsaturated/α-hetero) is 4. The van der Waals surface area contributed by atoms with Crippen LogP contribution in [-0.2, 0) is 12.8 Å². The van der Waals surface area contributed by atoms with Crippen LogP contribution in [0.5, 0.6) is 0 Å². The maximum Gasteiger partial charge on any atom is 0.237 e. The second kappa shape index (κ2) is 9.35. The molecule has 6 heteroatoms. The molecule has 6 nitrogen and oxygen atoms in total. The van der Waals surface area contributed by atoms with Gasteiger partial charge in [-0.05, 0) is 110 Å². The van der Waals surface area contributed by atoms with Crippen molar-refractivity contribution in [3.63, 3.8) is 0 Å². The van der Waals surface area contributed by atoms with Gasteiger partial charge < -0.3 is 8.83 Å². The Labute approximate surface area is 242 Å². The van der Waals surface area contributed by atoms with Gasteiger partial charge in [-0.2, -0.15) is 0 Å². The van der Waals surface area contributed by atoms with E-state index < -0.39 is 23.1 Å². The van der Waals surface area contributed by atoms with Gasteiger partial charge in [0.15, 0.2) is 0 Å². The van der Waals surface area contributed by atoms with Crippen molar-refractivity contribution in [2.75, 3.05) is 0 Å². The summed E-state index contributed by atoms with van der Waals surface area (Å²) in [5.41, 5.74) is 9.41. The lowest BCUT2D eigenvalue weighted by Crippen LogP contribution is -2.23. The number of hydrogen-bond donors (Lipinski definition) is 0. The third kappa shape index (κ3) is 3.64. The molecular weight excluding hydrogens is 528 g/mol. The molecule has 2 heterocycles. The number of benzene rings is 2. The lowest BCUT2D eigenvalue weighted by molar-refractivity contribution is 0.0813. The minimum absolute atomic E-state index is 0.345. The molecule has 2 aromatic heterocycles. The molecule has 0 unspecified atom stereocenters. The number of furan rings is 2. The second-order valence-electron chi connectivity index (χ2n) is 11.5. The Bertz CT molecular complexity index is 1970. The first-order chi connectivity index (χ1) is 20.2. The van der Waals surface area contributed by atoms with Gasteiger partial charge in [-0.1, -0.05) is 24.8 Å². The Hall–Kier alpha value is -4.84. The highest BCUT2D eigenvalue weighted by Gasteiger charge is 2.38. The average Bonchev–Trinajstić information content (AvgIpc) is 3.56. The van der Waals surface area contributed by atoms with E-state index in [1.807, 2.05) is 31.2 Å². The highest BCUT2D eigenvalue weighted by Crippen LogP contribution is 2.43. The van der Waals surface area contributed by atoms with Gasteiger partial charge >= 0.3 is 0 Å². The molecule has 0 N–H and O–H groups in total. The van der Waals surface area contributed by atoms with Crippen molar-refractivity contribution in [2.24, 2.45) is 0 Å². The van der Waals surface area contributed by atoms with Gasteiger partial charge in [0, 0.05) is 22.3 Å². The van der Waals surface area contributed by atoms with Crippen molar-refractivity contribution in [1.82, 2.24) is 0 Å². The van der Waals surface area contributed by atoms with Crippen LogP contribution in [-0.4, -0.2) is 23.1 Å². The van der Waals surface area contributed by atoms with E-state index in [0.29, 0.717) is 88.1 Å². The first-order valence-electron chi connectivity index (χ1n) is 14.2. The number of aryl methyl sites for hydroxylation is 3. The third-order valence-electron chi connectivity index (χ3n) is 8.90. The molecule has 0 spiro atoms. The topological polar surface area (TPSA) is 94.6 Å². The van der Waals surface area contributed by atoms with Crippen molar-refractivity contribution in [3.05, 3.63) is 105 Å². The van der Waals surface area contributed by atoms with Crippen LogP contribution < -0.4 is 0 Å². The first kappa shape index (κ1) is 26.1. The molecule has 0 fully saturated rings. The summed E-state index contributed by atoms with van der Waals surface area (Å²) in [6.45, 7) is 9.93. The van der Waals surface area contributed by atoms with E-state index in [1.165, 1.54) is 12.5 Å². The van der Waals surface area contributed by atoms with Crippen LogP contribution in [0.15, 0.2) is 58.3 Å². The van der Waals surface area contributed by atoms with E-state index in [9.17, 15) is 19.2 Å². The fraction of sp³-hybridized carbons (Fsp3) is 0.222. The smallest absolute Gasteiger partial charge is 0.237 e. The van der Waals surface area contributed by atoms with Crippen LogP contribution in [0.3, 0.4) is 0 Å². The number of ketones is 4. The molecule has 208 valence electrons. The van der Waals surface area contributed by atoms with Crippen LogP contribution in [0.25, 0.3) is 33.8 Å². The Morgan fingerprint density at radius 3 is 1.95 bits per heavy atom. The summed E-state index contributed by atoms with van der Waals surface area (Å²) in [7, 11) is 0. The number of allylic oxidation sites excluding steroid dienone is 3. The standard InChI is InChI=1S/C36H28O6/c1-17-7-6-10-24-23(11-12-25-30(24)34(40)32(38)27-19(3)15-41-35(25)27)18(2)8-5-9-21-13-22(17)14-26-29(21)33(39)31(37)28-20(4)16-42-36(26)28/h7,11-16H,2,5-6,8-10H2,1,3-4H3. The molecule has 0 atom stereocenters. The maximum absolute atomic E-state index is 13.5. The molecule has 42 heavy (non-hydrogen) atoms. The predicted molar refractivity (Wildman–Crippen MR) is 159 cm³/mol. The summed E-state index contributed by atoms with van der Waals surface area (Å²) in [5.74, 6) is -1.18. The van der Waals surface area contributed by atoms with Crippen molar-refractivity contribution in [1.29, 1.82) is 0 Å². The van der Waals surface area contributed by atoms with E-state index >= 15 is 0 Å². The SMILES string of the molecule is C=C1CCCc2cc(cc3c2C(=O)C(=O)c2c(C)coc2-3)C(C)=CCCc2c1ccc1c2C(=O)C(=O)c2c(C)coc2-1. The molecule has 0 amide bonds. The number of hydrogen-bond acceptors (Lipinski definition) is 6. The second-order valence-corrected chi connectivity index (χ2v) is 11.5. The number of carbonyl (C=O) groups excluding carboxylic acids is 4. The molecule has 0 saturated carbocycles. The molecule has 0 saturated heterocycles. The van der Waals surface area contributed by atoms with Gasteiger partial charge in [-0.25, -0.2) is 0 Å². The Morgan fingerprint density at radius 1 is 0.667 bits per heavy atom. The fourth-order valence-electron chi connectivity index (χ4n) is 6.74. The first-order valence-corrected chi connectivity index (χ1v) is 14.2. The van der Waals surface area contributed by atoms with Crippen molar-refractivity contribution in [2.45, 2.75) is 52.9 Å². The van der Waals surface area contributed by atoms with Gasteiger partial charge in [0.05, 0.1) is 23.7 Å². The quantitative estimate of drug-likeness (QED) is 0.204. The molecule has 7 rings (SSSR count). The minimum Gasteiger partial charge on any atom is -0.463 e. The Morgan fingerprint density at radius 2 is 1.26 bits per heavy atom. The number of fused-ring (bicyclic) bond motifs is 11. The zero-order chi connectivity index (χ0) is 29.4. The molecule has 2 aromatic carbocycles. The average molecular weight is 557 g/mol. The van der Waals surface area contributed by atoms with Crippen LogP contribution in [0.2, 0.25) is 0 Å². The highest BCUT2D eigenvalue weighted by atomic mass is 16.3. The van der Waals surface area contributed by atoms with Crippen LogP contribution in [0, 0.1) is 13.8 Å². The summed E-state index contributed by atoms with van der Waals surface area (Å²) in [6.07, 6.45) is 8.16. The summed E-state index contributed by atoms with van der Waals surface area (Å²) >= 11 is 0. The lowest BCUT2D eigenvalue weighted by atomic mass is 9.80. The maximum atomic E-state index is 13.5. The molecule has 3 aliphatic carbocycles. The number of carbonyl (C=O) groups is 4. The zero-order valence-electron chi connectivity index (χ0n) is 23.7. The normalized spacial score (nSPS) is 16.4. The van der Waals surface area contributed by atoms with E-state index in [1.54, 1.807) is 13.8 Å². The Balaban J connectivity index is 1.35. The van der Waals surface area contributed by atoms with Crippen molar-refractivity contribution < 1.29 is 28.0 Å². The largest absolute Gasteiger partial charge is 0.463 e. The van der Waals surface area contributed by atoms with E-state index in [-0.39, 0.29) is 0 Å². The summed E-state index contributed by atoms with van der Waals surface area (Å²) in [6, 6.07) is 7.78. The third-order valence-corrected chi connectivity index (χ3v) is 8.90. The number of rotatable bonds is 0. The van der Waals surface area contributed by atoms with E-state index in [2.05, 4.69) is 12.7 Å². The van der Waals surface area contributed by atoms with E-state index in [0.717, 1.165) is 33.4 Å². The predicted octanol–water partition coefficient (Wildman–Crippen LogP) is 7.97. The van der Waals surface area contributed by atoms with Gasteiger partial charge in [0.1, 0.15) is 11.5 Å². The molecule has 2 bridgehead atoms. The monoisotopic (exact) mass is 556 g/mol. The molecular formula is C36H28O6. The van der Waals surface area contributed by atoms with Gasteiger partial charge in [-0.15, -0.1) is 0 Å². The molecule has 0 radical (unpaired) electrons. The minimum atomic E-state index is -0.536. The highest BCUT2D eigenvalue weighted by molar-refractivity contribution is 6.54. The van der Waals surface area contributed by atoms with E-state index in [4.69, 9.17) is 8.83 Å². The molecule has 4 aromatic rings. The summed E-state index contributed by atoms with van der Waals surface area (Å²) in [4.78, 5) is 53.1. The van der Waals surface area contributed by atoms with Gasteiger partial charge in [0.25, 0.3) is 0 Å². The lowest BCUT2D eigenvalue weighted by Gasteiger charge is -2.21. The summed E-state index contributed by atoms with van der Waals surface area (Å²) < 4.78 is 11.6. The zero-order valence-corrected chi connectivity index (χ0v) is 23.7.